The van der Waals surface area contributed by atoms with Gasteiger partial charge in [0.15, 0.2) is 0 Å². The Morgan fingerprint density at radius 2 is 1.96 bits per heavy atom. The van der Waals surface area contributed by atoms with Gasteiger partial charge in [-0.2, -0.15) is 0 Å². The van der Waals surface area contributed by atoms with E-state index in [2.05, 4.69) is 48.3 Å². The normalized spacial score (nSPS) is 11.3. The number of nitrogens with one attached hydrogen (secondary N) is 1. The number of para-hydroxylation sites is 1. The smallest absolute Gasteiger partial charge is 0.217 e. The summed E-state index contributed by atoms with van der Waals surface area (Å²) in [6.07, 6.45) is 1.91. The van der Waals surface area contributed by atoms with Gasteiger partial charge < -0.3 is 10.7 Å². The van der Waals surface area contributed by atoms with Crippen LogP contribution in [0.5, 0.6) is 0 Å². The minimum absolute atomic E-state index is 0.258. The lowest BCUT2D eigenvalue weighted by molar-refractivity contribution is -0.118. The number of nitrogens with zero attached hydrogens (tertiary/aromatic N) is 1. The molecule has 0 saturated heterocycles. The van der Waals surface area contributed by atoms with Gasteiger partial charge in [0.2, 0.25) is 5.91 Å². The predicted molar refractivity (Wildman–Crippen MR) is 106 cm³/mol. The van der Waals surface area contributed by atoms with Gasteiger partial charge >= 0.3 is 0 Å². The second-order valence-electron chi connectivity index (χ2n) is 6.74. The van der Waals surface area contributed by atoms with Gasteiger partial charge in [0, 0.05) is 22.7 Å². The molecule has 0 radical (unpaired) electrons. The first-order chi connectivity index (χ1) is 12.6. The first-order valence-electron chi connectivity index (χ1n) is 8.87. The van der Waals surface area contributed by atoms with Crippen LogP contribution >= 0.6 is 0 Å². The Balaban J connectivity index is 1.84. The van der Waals surface area contributed by atoms with Gasteiger partial charge in [0.05, 0.1) is 16.9 Å². The van der Waals surface area contributed by atoms with E-state index in [-0.39, 0.29) is 5.91 Å². The predicted octanol–water partition coefficient (Wildman–Crippen LogP) is 4.50. The Kier molecular flexibility index (Phi) is 4.17. The number of pyridine rings is 1. The van der Waals surface area contributed by atoms with Crippen molar-refractivity contribution < 1.29 is 4.79 Å². The standard InChI is InChI=1S/C22H21N3O/c1-14-9-11-19-17(13-14)16(6-4-8-21(23)26)22(25-19)20-12-10-15-5-2-3-7-18(15)24-20/h2-3,5,7,9-13,25H,4,6,8H2,1H3,(H2,23,26). The average molecular weight is 343 g/mol. The number of benzene rings is 2. The van der Waals surface area contributed by atoms with Crippen molar-refractivity contribution in [1.82, 2.24) is 9.97 Å². The molecule has 4 rings (SSSR count). The van der Waals surface area contributed by atoms with Gasteiger partial charge in [-0.3, -0.25) is 4.79 Å². The number of carbonyl (C=O) groups excluding carboxylic acids is 1. The number of H-pyrrole nitrogens is 1. The number of primary amides is 1. The molecule has 1 amide bonds. The Morgan fingerprint density at radius 1 is 1.12 bits per heavy atom. The van der Waals surface area contributed by atoms with Crippen molar-refractivity contribution in [3.8, 4) is 11.4 Å². The zero-order valence-corrected chi connectivity index (χ0v) is 14.8. The molecule has 4 nitrogen and oxygen atoms in total. The number of aromatic amines is 1. The molecule has 0 spiro atoms. The number of hydrogen-bond donors (Lipinski definition) is 2. The maximum absolute atomic E-state index is 11.1. The Hall–Kier alpha value is -3.14. The van der Waals surface area contributed by atoms with Gasteiger partial charge in [-0.25, -0.2) is 4.98 Å². The molecule has 0 unspecified atom stereocenters. The second-order valence-corrected chi connectivity index (χ2v) is 6.74. The van der Waals surface area contributed by atoms with E-state index in [9.17, 15) is 4.79 Å². The third kappa shape index (κ3) is 3.06. The number of aryl methyl sites for hydroxylation is 2. The number of fused-ring (bicyclic) bond motifs is 2. The summed E-state index contributed by atoms with van der Waals surface area (Å²) in [4.78, 5) is 19.5. The summed E-state index contributed by atoms with van der Waals surface area (Å²) >= 11 is 0. The van der Waals surface area contributed by atoms with E-state index in [1.165, 1.54) is 16.5 Å². The average Bonchev–Trinajstić information content (AvgIpc) is 2.99. The van der Waals surface area contributed by atoms with Crippen molar-refractivity contribution in [3.63, 3.8) is 0 Å². The fraction of sp³-hybridized carbons (Fsp3) is 0.182. The van der Waals surface area contributed by atoms with E-state index < -0.39 is 0 Å². The Morgan fingerprint density at radius 3 is 2.81 bits per heavy atom. The molecule has 0 fully saturated rings. The van der Waals surface area contributed by atoms with Crippen LogP contribution in [0.4, 0.5) is 0 Å². The maximum atomic E-state index is 11.1. The molecule has 4 heteroatoms. The van der Waals surface area contributed by atoms with E-state index in [1.807, 2.05) is 18.2 Å². The highest BCUT2D eigenvalue weighted by atomic mass is 16.1. The van der Waals surface area contributed by atoms with Crippen molar-refractivity contribution in [2.24, 2.45) is 5.73 Å². The van der Waals surface area contributed by atoms with Crippen LogP contribution in [0.15, 0.2) is 54.6 Å². The molecule has 2 aromatic carbocycles. The van der Waals surface area contributed by atoms with Crippen molar-refractivity contribution in [3.05, 3.63) is 65.7 Å². The van der Waals surface area contributed by atoms with Crippen molar-refractivity contribution >= 4 is 27.7 Å². The second kappa shape index (κ2) is 6.64. The van der Waals surface area contributed by atoms with Gasteiger partial charge in [-0.1, -0.05) is 35.9 Å². The quantitative estimate of drug-likeness (QED) is 0.560. The first-order valence-corrected chi connectivity index (χ1v) is 8.87. The third-order valence-corrected chi connectivity index (χ3v) is 4.77. The number of hydrogen-bond acceptors (Lipinski definition) is 2. The van der Waals surface area contributed by atoms with Crippen molar-refractivity contribution in [2.45, 2.75) is 26.2 Å². The van der Waals surface area contributed by atoms with Gasteiger partial charge in [-0.15, -0.1) is 0 Å². The zero-order chi connectivity index (χ0) is 18.1. The number of rotatable bonds is 5. The summed E-state index contributed by atoms with van der Waals surface area (Å²) in [6, 6.07) is 18.7. The highest BCUT2D eigenvalue weighted by molar-refractivity contribution is 5.92. The highest BCUT2D eigenvalue weighted by Crippen LogP contribution is 2.32. The molecule has 0 aliphatic rings. The third-order valence-electron chi connectivity index (χ3n) is 4.77. The van der Waals surface area contributed by atoms with Gasteiger partial charge in [0.1, 0.15) is 0 Å². The largest absolute Gasteiger partial charge is 0.370 e. The zero-order valence-electron chi connectivity index (χ0n) is 14.8. The fourth-order valence-electron chi connectivity index (χ4n) is 3.48. The summed E-state index contributed by atoms with van der Waals surface area (Å²) < 4.78 is 0. The molecule has 26 heavy (non-hydrogen) atoms. The van der Waals surface area contributed by atoms with Crippen LogP contribution in [0.1, 0.15) is 24.0 Å². The summed E-state index contributed by atoms with van der Waals surface area (Å²) in [5.41, 5.74) is 11.8. The molecule has 0 aliphatic carbocycles. The minimum atomic E-state index is -0.258. The van der Waals surface area contributed by atoms with Crippen LogP contribution in [-0.2, 0) is 11.2 Å². The SMILES string of the molecule is Cc1ccc2[nH]c(-c3ccc4ccccc4n3)c(CCCC(N)=O)c2c1. The van der Waals surface area contributed by atoms with Crippen LogP contribution in [0.3, 0.4) is 0 Å². The van der Waals surface area contributed by atoms with Gasteiger partial charge in [-0.05, 0) is 49.6 Å². The lowest BCUT2D eigenvalue weighted by Crippen LogP contribution is -2.10. The van der Waals surface area contributed by atoms with E-state index in [0.717, 1.165) is 40.6 Å². The molecular weight excluding hydrogens is 322 g/mol. The number of nitrogens with two attached hydrogens (primary N) is 1. The van der Waals surface area contributed by atoms with Crippen LogP contribution in [0.2, 0.25) is 0 Å². The number of carbonyl (C=O) groups is 1. The van der Waals surface area contributed by atoms with E-state index in [0.29, 0.717) is 6.42 Å². The molecule has 3 N–H and O–H groups in total. The summed E-state index contributed by atoms with van der Waals surface area (Å²) in [6.45, 7) is 2.09. The summed E-state index contributed by atoms with van der Waals surface area (Å²) in [5, 5.41) is 2.32. The molecule has 0 saturated carbocycles. The first kappa shape index (κ1) is 16.3. The van der Waals surface area contributed by atoms with E-state index >= 15 is 0 Å². The molecule has 0 bridgehead atoms. The van der Waals surface area contributed by atoms with Crippen LogP contribution in [0, 0.1) is 6.92 Å². The lowest BCUT2D eigenvalue weighted by Gasteiger charge is -2.06. The van der Waals surface area contributed by atoms with Gasteiger partial charge in [0.25, 0.3) is 0 Å². The highest BCUT2D eigenvalue weighted by Gasteiger charge is 2.15. The van der Waals surface area contributed by atoms with Crippen LogP contribution in [-0.4, -0.2) is 15.9 Å². The number of aromatic nitrogens is 2. The van der Waals surface area contributed by atoms with E-state index in [4.69, 9.17) is 10.7 Å². The fourth-order valence-corrected chi connectivity index (χ4v) is 3.48. The Bertz CT molecular complexity index is 1110. The van der Waals surface area contributed by atoms with Crippen LogP contribution in [0.25, 0.3) is 33.2 Å². The molecular formula is C22H21N3O. The number of amides is 1. The lowest BCUT2D eigenvalue weighted by atomic mass is 10.0. The molecule has 4 aromatic rings. The molecule has 2 aromatic heterocycles. The molecule has 0 atom stereocenters. The Labute approximate surface area is 152 Å². The van der Waals surface area contributed by atoms with E-state index in [1.54, 1.807) is 0 Å². The monoisotopic (exact) mass is 343 g/mol. The molecule has 0 aliphatic heterocycles. The van der Waals surface area contributed by atoms with Crippen molar-refractivity contribution in [1.29, 1.82) is 0 Å². The molecule has 2 heterocycles. The summed E-state index contributed by atoms with van der Waals surface area (Å²) in [7, 11) is 0. The maximum Gasteiger partial charge on any atom is 0.217 e. The van der Waals surface area contributed by atoms with Crippen LogP contribution < -0.4 is 5.73 Å². The molecule has 130 valence electrons. The summed E-state index contributed by atoms with van der Waals surface area (Å²) in [5.74, 6) is -0.258. The van der Waals surface area contributed by atoms with Crippen molar-refractivity contribution in [2.75, 3.05) is 0 Å². The minimum Gasteiger partial charge on any atom is -0.370 e. The topological polar surface area (TPSA) is 71.8 Å².